The molecule has 3 unspecified atom stereocenters. The number of aliphatic hydroxyl groups excluding tert-OH is 1. The van der Waals surface area contributed by atoms with Crippen LogP contribution >= 0.6 is 15.0 Å². The van der Waals surface area contributed by atoms with Gasteiger partial charge >= 0.3 is 15.0 Å². The van der Waals surface area contributed by atoms with Crippen molar-refractivity contribution in [2.75, 3.05) is 30.5 Å². The van der Waals surface area contributed by atoms with Gasteiger partial charge in [-0.15, -0.1) is 9.42 Å². The molecule has 5 N–H and O–H groups in total. The number of amides is 1. The number of fused-ring (bicyclic) bond motifs is 1. The molecule has 2 fully saturated rings. The molecule has 0 spiro atoms. The highest BCUT2D eigenvalue weighted by Crippen LogP contribution is 2.56. The molecule has 3 aromatic rings. The van der Waals surface area contributed by atoms with Crippen LogP contribution in [0.1, 0.15) is 66.5 Å². The van der Waals surface area contributed by atoms with Crippen molar-refractivity contribution in [2.24, 2.45) is 11.8 Å². The lowest BCUT2D eigenvalue weighted by molar-refractivity contribution is -0.118. The molecule has 58 heavy (non-hydrogen) atoms. The van der Waals surface area contributed by atoms with Crippen molar-refractivity contribution in [1.82, 2.24) is 29.5 Å². The summed E-state index contributed by atoms with van der Waals surface area (Å²) in [6.45, 7) is 9.20. The van der Waals surface area contributed by atoms with Gasteiger partial charge in [0.15, 0.2) is 25.7 Å². The Morgan fingerprint density at radius 3 is 2.62 bits per heavy atom. The van der Waals surface area contributed by atoms with Crippen LogP contribution in [0, 0.1) is 23.2 Å². The molecule has 4 heterocycles. The third-order valence-corrected chi connectivity index (χ3v) is 17.7. The van der Waals surface area contributed by atoms with E-state index in [-0.39, 0.29) is 59.7 Å². The number of nitrogens with one attached hydrogen (secondary N) is 3. The molecule has 0 bridgehead atoms. The first-order valence-corrected chi connectivity index (χ1v) is 25.5. The summed E-state index contributed by atoms with van der Waals surface area (Å²) in [5.41, 5.74) is -0.621. The van der Waals surface area contributed by atoms with Crippen LogP contribution in [0.3, 0.4) is 0 Å². The van der Waals surface area contributed by atoms with E-state index in [2.05, 4.69) is 56.3 Å². The number of aromatic nitrogens is 6. The van der Waals surface area contributed by atoms with Gasteiger partial charge in [0.1, 0.15) is 36.6 Å². The smallest absolute Gasteiger partial charge is 0.408 e. The van der Waals surface area contributed by atoms with Crippen LogP contribution in [0.5, 0.6) is 0 Å². The number of carbonyl (C=O) groups is 1. The van der Waals surface area contributed by atoms with Gasteiger partial charge in [-0.1, -0.05) is 34.6 Å². The van der Waals surface area contributed by atoms with Crippen LogP contribution in [-0.2, 0) is 48.4 Å². The van der Waals surface area contributed by atoms with Crippen LogP contribution in [-0.4, -0.2) is 104 Å². The third-order valence-electron chi connectivity index (χ3n) is 10.4. The molecule has 9 atom stereocenters. The van der Waals surface area contributed by atoms with Crippen LogP contribution in [0.2, 0.25) is 18.1 Å². The number of H-pyrrole nitrogens is 1. The van der Waals surface area contributed by atoms with Gasteiger partial charge in [0.25, 0.3) is 5.56 Å². The third kappa shape index (κ3) is 11.4. The molecule has 1 saturated carbocycles. The minimum atomic E-state index is -3.80. The summed E-state index contributed by atoms with van der Waals surface area (Å²) in [5.74, 6) is -0.524. The molecular formula is C34H52N9O11P2SSi+. The number of nitrogens with zero attached hydrogens (tertiary/aromatic N) is 6. The summed E-state index contributed by atoms with van der Waals surface area (Å²) >= 11 is 6.02. The minimum Gasteiger partial charge on any atom is -0.408 e. The number of nitriles is 1. The van der Waals surface area contributed by atoms with Gasteiger partial charge in [-0.3, -0.25) is 29.0 Å². The minimum absolute atomic E-state index is 0.0178. The molecule has 1 saturated heterocycles. The number of rotatable bonds is 19. The highest BCUT2D eigenvalue weighted by atomic mass is 32.5. The summed E-state index contributed by atoms with van der Waals surface area (Å²) in [4.78, 5) is 54.8. The van der Waals surface area contributed by atoms with Gasteiger partial charge in [0.05, 0.1) is 38.6 Å². The lowest BCUT2D eigenvalue weighted by atomic mass is 10.0. The fourth-order valence-electron chi connectivity index (χ4n) is 6.39. The lowest BCUT2D eigenvalue weighted by Gasteiger charge is -2.41. The lowest BCUT2D eigenvalue weighted by Crippen LogP contribution is -2.50. The number of ether oxygens (including phenoxy) is 1. The van der Waals surface area contributed by atoms with Crippen molar-refractivity contribution in [1.29, 1.82) is 5.26 Å². The zero-order valence-electron chi connectivity index (χ0n) is 33.4. The number of hydrogen-bond donors (Lipinski definition) is 5. The van der Waals surface area contributed by atoms with Crippen LogP contribution in [0.25, 0.3) is 11.2 Å². The second kappa shape index (κ2) is 19.5. The predicted molar refractivity (Wildman–Crippen MR) is 217 cm³/mol. The molecule has 5 rings (SSSR count). The number of anilines is 2. The van der Waals surface area contributed by atoms with Crippen LogP contribution < -0.4 is 16.2 Å². The van der Waals surface area contributed by atoms with E-state index < -0.39 is 72.0 Å². The molecule has 0 radical (unpaired) electrons. The maximum atomic E-state index is 13.2. The SMILES string of the molecule is CC(C)C(=O)Nc1nc2c(ncn2[C@@H]2O[C@H](CO)C(O[Si](C)(C)C(C)(C)C)[C@H]2OP(=S)(OCCC#N)OCC[C@H]2C[C@@H](Nc3ccncn3)C[C@@H]2O[P+](=O)O)c(=O)[nH]1. The first-order valence-electron chi connectivity index (χ1n) is 18.9. The van der Waals surface area contributed by atoms with Crippen LogP contribution in [0.15, 0.2) is 29.7 Å². The molecule has 1 aliphatic carbocycles. The Bertz CT molecular complexity index is 2050. The Hall–Kier alpha value is -3.16. The van der Waals surface area contributed by atoms with Crippen molar-refractivity contribution < 1.29 is 46.6 Å². The van der Waals surface area contributed by atoms with Gasteiger partial charge in [-0.2, -0.15) is 10.2 Å². The summed E-state index contributed by atoms with van der Waals surface area (Å²) < 4.78 is 51.1. The standard InChI is InChI=1S/C34H51N9O11P2SSi/c1-20(2)30(45)41-33-40-29-26(31(46)42-33)38-19-43(29)32-28(27(24(17-44)51-32)54-58(6,7)34(3,4)5)53-56(57,49-13-8-11-35)50-14-10-21-15-22(16-23(21)52-55(47)48)39-25-9-12-36-18-37-25/h9,12,18-24,27-28,32,44H,8,10,13-17H2,1-7H3,(H3-,36,37,39,40,41,42,45,46,47,48)/p+1/t21-,22+,23-,24+,27?,28+,32+,56?/m0/s1. The maximum Gasteiger partial charge on any atom is 0.695 e. The Balaban J connectivity index is 1.47. The van der Waals surface area contributed by atoms with Crippen LogP contribution in [0.4, 0.5) is 11.8 Å². The fraction of sp³-hybridized carbons (Fsp3) is 0.676. The first kappa shape index (κ1) is 45.9. The van der Waals surface area contributed by atoms with Gasteiger partial charge in [0.2, 0.25) is 11.9 Å². The quantitative estimate of drug-likeness (QED) is 0.0622. The van der Waals surface area contributed by atoms with E-state index in [1.165, 1.54) is 17.2 Å². The number of imidazole rings is 1. The van der Waals surface area contributed by atoms with E-state index in [0.29, 0.717) is 25.1 Å². The van der Waals surface area contributed by atoms with Crippen molar-refractivity contribution >= 4 is 63.9 Å². The molecule has 1 amide bonds. The zero-order valence-corrected chi connectivity index (χ0v) is 37.0. The first-order chi connectivity index (χ1) is 27.3. The molecule has 0 aromatic carbocycles. The Labute approximate surface area is 343 Å². The maximum absolute atomic E-state index is 13.2. The second-order valence-corrected chi connectivity index (χ2v) is 24.3. The van der Waals surface area contributed by atoms with E-state index in [4.69, 9.17) is 39.1 Å². The molecule has 20 nitrogen and oxygen atoms in total. The van der Waals surface area contributed by atoms with Gasteiger partial charge in [-0.25, -0.2) is 15.0 Å². The Kier molecular flexibility index (Phi) is 15.4. The highest BCUT2D eigenvalue weighted by Gasteiger charge is 2.54. The van der Waals surface area contributed by atoms with Gasteiger partial charge in [-0.05, 0) is 61.2 Å². The molecule has 24 heteroatoms. The van der Waals surface area contributed by atoms with Crippen molar-refractivity contribution in [2.45, 2.75) is 115 Å². The van der Waals surface area contributed by atoms with Crippen molar-refractivity contribution in [3.8, 4) is 6.07 Å². The average molecular weight is 885 g/mol. The molecule has 2 aliphatic rings. The average Bonchev–Trinajstić information content (AvgIpc) is 3.83. The number of carbonyl (C=O) groups excluding carboxylic acids is 1. The Morgan fingerprint density at radius 1 is 1.24 bits per heavy atom. The Morgan fingerprint density at radius 2 is 1.98 bits per heavy atom. The normalized spacial score (nSPS) is 25.1. The van der Waals surface area contributed by atoms with Crippen molar-refractivity contribution in [3.63, 3.8) is 0 Å². The van der Waals surface area contributed by atoms with E-state index in [0.717, 1.165) is 0 Å². The highest BCUT2D eigenvalue weighted by molar-refractivity contribution is 8.07. The van der Waals surface area contributed by atoms with Gasteiger partial charge < -0.3 is 28.6 Å². The largest absolute Gasteiger partial charge is 0.695 e. The second-order valence-electron chi connectivity index (χ2n) is 15.9. The van der Waals surface area contributed by atoms with Gasteiger partial charge in [0, 0.05) is 22.7 Å². The summed E-state index contributed by atoms with van der Waals surface area (Å²) in [5, 5.41) is 25.7. The fourth-order valence-corrected chi connectivity index (χ4v) is 10.3. The zero-order chi connectivity index (χ0) is 42.4. The molecule has 1 aliphatic heterocycles. The summed E-state index contributed by atoms with van der Waals surface area (Å²) in [7, 11) is -5.51. The monoisotopic (exact) mass is 884 g/mol. The number of aliphatic hydroxyl groups is 1. The van der Waals surface area contributed by atoms with Crippen molar-refractivity contribution in [3.05, 3.63) is 35.3 Å². The topological polar surface area (TPSA) is 267 Å². The van der Waals surface area contributed by atoms with E-state index in [1.807, 2.05) is 19.2 Å². The van der Waals surface area contributed by atoms with E-state index in [1.54, 1.807) is 26.1 Å². The molecule has 318 valence electrons. The van der Waals surface area contributed by atoms with E-state index >= 15 is 0 Å². The number of aromatic amines is 1. The molecule has 3 aromatic heterocycles. The molecular weight excluding hydrogens is 833 g/mol. The number of hydrogen-bond acceptors (Lipinski definition) is 17. The predicted octanol–water partition coefficient (Wildman–Crippen LogP) is 4.66. The summed E-state index contributed by atoms with van der Waals surface area (Å²) in [6.07, 6.45) is 0.853. The van der Waals surface area contributed by atoms with E-state index in [9.17, 15) is 29.4 Å². The summed E-state index contributed by atoms with van der Waals surface area (Å²) in [6, 6.07) is 3.62.